The number of nitrogens with zero attached hydrogens (tertiary/aromatic N) is 4. The molecule has 1 N–H and O–H groups in total. The molecule has 5 rings (SSSR count). The zero-order valence-corrected chi connectivity index (χ0v) is 21.9. The highest BCUT2D eigenvalue weighted by molar-refractivity contribution is 5.99. The SMILES string of the molecule is Cc1cc2nn(CC3CCN(c4ccc(C(F)(F)F)cc4F)CC3)cc2cc1C(=O)NCCN1CCOCC1. The number of fused-ring (bicyclic) bond motifs is 1. The lowest BCUT2D eigenvalue weighted by Gasteiger charge is -2.33. The average Bonchev–Trinajstić information content (AvgIpc) is 3.29. The van der Waals surface area contributed by atoms with Crippen molar-refractivity contribution in [2.45, 2.75) is 32.5 Å². The third kappa shape index (κ3) is 6.52. The van der Waals surface area contributed by atoms with Gasteiger partial charge in [0, 0.05) is 63.0 Å². The summed E-state index contributed by atoms with van der Waals surface area (Å²) in [5, 5.41) is 8.61. The molecule has 0 atom stereocenters. The molecular weight excluding hydrogens is 514 g/mol. The summed E-state index contributed by atoms with van der Waals surface area (Å²) >= 11 is 0. The third-order valence-corrected chi connectivity index (χ3v) is 7.64. The van der Waals surface area contributed by atoms with Gasteiger partial charge in [-0.05, 0) is 61.6 Å². The topological polar surface area (TPSA) is 62.6 Å². The molecule has 0 radical (unpaired) electrons. The minimum absolute atomic E-state index is 0.0988. The highest BCUT2D eigenvalue weighted by atomic mass is 19.4. The number of aromatic nitrogens is 2. The Hall–Kier alpha value is -3.18. The van der Waals surface area contributed by atoms with Crippen molar-refractivity contribution in [3.05, 3.63) is 59.0 Å². The quantitative estimate of drug-likeness (QED) is 0.442. The van der Waals surface area contributed by atoms with Gasteiger partial charge in [0.2, 0.25) is 0 Å². The van der Waals surface area contributed by atoms with Gasteiger partial charge in [-0.25, -0.2) is 4.39 Å². The molecule has 0 aliphatic carbocycles. The van der Waals surface area contributed by atoms with Crippen LogP contribution in [0.25, 0.3) is 10.9 Å². The largest absolute Gasteiger partial charge is 0.416 e. The van der Waals surface area contributed by atoms with E-state index >= 15 is 0 Å². The summed E-state index contributed by atoms with van der Waals surface area (Å²) < 4.78 is 60.2. The molecule has 3 aromatic rings. The maximum atomic E-state index is 14.4. The van der Waals surface area contributed by atoms with Crippen LogP contribution in [0.4, 0.5) is 23.2 Å². The second-order valence-corrected chi connectivity index (χ2v) is 10.4. The maximum absolute atomic E-state index is 14.4. The minimum Gasteiger partial charge on any atom is -0.379 e. The van der Waals surface area contributed by atoms with Gasteiger partial charge in [0.1, 0.15) is 5.82 Å². The van der Waals surface area contributed by atoms with Crippen LogP contribution in [0.15, 0.2) is 36.5 Å². The summed E-state index contributed by atoms with van der Waals surface area (Å²) in [5.41, 5.74) is 1.55. The first-order valence-corrected chi connectivity index (χ1v) is 13.3. The zero-order valence-electron chi connectivity index (χ0n) is 21.9. The van der Waals surface area contributed by atoms with Crippen molar-refractivity contribution in [2.24, 2.45) is 5.92 Å². The van der Waals surface area contributed by atoms with E-state index in [-0.39, 0.29) is 11.6 Å². The van der Waals surface area contributed by atoms with Gasteiger partial charge in [-0.2, -0.15) is 18.3 Å². The number of aryl methyl sites for hydroxylation is 1. The summed E-state index contributed by atoms with van der Waals surface area (Å²) in [6.07, 6.45) is -1.08. The number of morpholine rings is 1. The fourth-order valence-corrected chi connectivity index (χ4v) is 5.37. The number of carbonyl (C=O) groups is 1. The number of benzene rings is 2. The summed E-state index contributed by atoms with van der Waals surface area (Å²) in [6, 6.07) is 6.53. The predicted molar refractivity (Wildman–Crippen MR) is 140 cm³/mol. The van der Waals surface area contributed by atoms with Crippen molar-refractivity contribution in [1.29, 1.82) is 0 Å². The van der Waals surface area contributed by atoms with E-state index in [9.17, 15) is 22.4 Å². The summed E-state index contributed by atoms with van der Waals surface area (Å²) in [6.45, 7) is 8.28. The molecule has 2 fully saturated rings. The summed E-state index contributed by atoms with van der Waals surface area (Å²) in [4.78, 5) is 16.9. The molecule has 0 bridgehead atoms. The van der Waals surface area contributed by atoms with Crippen molar-refractivity contribution in [3.8, 4) is 0 Å². The predicted octanol–water partition coefficient (Wildman–Crippen LogP) is 4.48. The van der Waals surface area contributed by atoms with E-state index in [1.807, 2.05) is 29.9 Å². The van der Waals surface area contributed by atoms with Gasteiger partial charge >= 0.3 is 6.18 Å². The lowest BCUT2D eigenvalue weighted by atomic mass is 9.96. The van der Waals surface area contributed by atoms with Crippen LogP contribution in [0.5, 0.6) is 0 Å². The van der Waals surface area contributed by atoms with Crippen molar-refractivity contribution in [2.75, 3.05) is 57.4 Å². The molecule has 0 unspecified atom stereocenters. The van der Waals surface area contributed by atoms with Crippen molar-refractivity contribution >= 4 is 22.5 Å². The number of anilines is 1. The molecule has 210 valence electrons. The Morgan fingerprint density at radius 3 is 2.54 bits per heavy atom. The summed E-state index contributed by atoms with van der Waals surface area (Å²) in [5.74, 6) is -0.645. The van der Waals surface area contributed by atoms with E-state index in [4.69, 9.17) is 9.84 Å². The van der Waals surface area contributed by atoms with Crippen LogP contribution in [0.1, 0.15) is 34.3 Å². The molecule has 1 amide bonds. The zero-order chi connectivity index (χ0) is 27.6. The number of carbonyl (C=O) groups excluding carboxylic acids is 1. The Morgan fingerprint density at radius 2 is 1.85 bits per heavy atom. The van der Waals surface area contributed by atoms with Gasteiger partial charge in [0.15, 0.2) is 0 Å². The Bertz CT molecular complexity index is 1310. The first-order valence-electron chi connectivity index (χ1n) is 13.3. The number of nitrogens with one attached hydrogen (secondary N) is 1. The molecular formula is C28H33F4N5O2. The lowest BCUT2D eigenvalue weighted by molar-refractivity contribution is -0.137. The first kappa shape index (κ1) is 27.4. The number of ether oxygens (including phenoxy) is 1. The van der Waals surface area contributed by atoms with Gasteiger partial charge in [-0.15, -0.1) is 0 Å². The highest BCUT2D eigenvalue weighted by Crippen LogP contribution is 2.33. The monoisotopic (exact) mass is 547 g/mol. The number of hydrogen-bond acceptors (Lipinski definition) is 5. The Morgan fingerprint density at radius 1 is 1.10 bits per heavy atom. The number of hydrogen-bond donors (Lipinski definition) is 1. The van der Waals surface area contributed by atoms with Crippen LogP contribution in [-0.2, 0) is 17.5 Å². The van der Waals surface area contributed by atoms with E-state index in [1.54, 1.807) is 4.90 Å². The van der Waals surface area contributed by atoms with Crippen molar-refractivity contribution < 1.29 is 27.1 Å². The van der Waals surface area contributed by atoms with Gasteiger partial charge in [-0.3, -0.25) is 14.4 Å². The average molecular weight is 548 g/mol. The van der Waals surface area contributed by atoms with Crippen molar-refractivity contribution in [1.82, 2.24) is 20.0 Å². The minimum atomic E-state index is -4.56. The molecule has 2 saturated heterocycles. The van der Waals surface area contributed by atoms with Crippen molar-refractivity contribution in [3.63, 3.8) is 0 Å². The normalized spacial score (nSPS) is 17.6. The third-order valence-electron chi connectivity index (χ3n) is 7.64. The van der Waals surface area contributed by atoms with E-state index in [2.05, 4.69) is 10.2 Å². The number of alkyl halides is 3. The van der Waals surface area contributed by atoms with Gasteiger partial charge in [0.25, 0.3) is 5.91 Å². The molecule has 11 heteroatoms. The van der Waals surface area contributed by atoms with E-state index < -0.39 is 17.6 Å². The molecule has 2 aromatic carbocycles. The first-order chi connectivity index (χ1) is 18.7. The molecule has 7 nitrogen and oxygen atoms in total. The van der Waals surface area contributed by atoms with E-state index in [0.29, 0.717) is 43.7 Å². The Kier molecular flexibility index (Phi) is 8.08. The fraction of sp³-hybridized carbons (Fsp3) is 0.500. The fourth-order valence-electron chi connectivity index (χ4n) is 5.37. The number of piperidine rings is 1. The Balaban J connectivity index is 1.17. The lowest BCUT2D eigenvalue weighted by Crippen LogP contribution is -2.41. The molecule has 0 saturated carbocycles. The molecule has 3 heterocycles. The standard InChI is InChI=1S/C28H33F4N5O2/c1-19-14-25-21(15-23(19)27(38)33-6-9-35-10-12-39-13-11-35)18-37(34-25)17-20-4-7-36(8-5-20)26-3-2-22(16-24(26)29)28(30,31)32/h2-3,14-16,18,20H,4-13,17H2,1H3,(H,33,38). The van der Waals surface area contributed by atoms with E-state index in [1.165, 1.54) is 6.07 Å². The molecule has 2 aliphatic heterocycles. The second-order valence-electron chi connectivity index (χ2n) is 10.4. The smallest absolute Gasteiger partial charge is 0.379 e. The van der Waals surface area contributed by atoms with Crippen LogP contribution in [0.2, 0.25) is 0 Å². The van der Waals surface area contributed by atoms with Crippen LogP contribution < -0.4 is 10.2 Å². The summed E-state index contributed by atoms with van der Waals surface area (Å²) in [7, 11) is 0. The van der Waals surface area contributed by atoms with Gasteiger partial charge < -0.3 is 15.0 Å². The molecule has 0 spiro atoms. The van der Waals surface area contributed by atoms with E-state index in [0.717, 1.165) is 68.2 Å². The molecule has 1 aromatic heterocycles. The van der Waals surface area contributed by atoms with Gasteiger partial charge in [-0.1, -0.05) is 0 Å². The van der Waals surface area contributed by atoms with Crippen LogP contribution in [0, 0.1) is 18.7 Å². The Labute approximate surface area is 224 Å². The number of halogens is 4. The van der Waals surface area contributed by atoms with Crippen LogP contribution >= 0.6 is 0 Å². The molecule has 2 aliphatic rings. The molecule has 39 heavy (non-hydrogen) atoms. The highest BCUT2D eigenvalue weighted by Gasteiger charge is 2.32. The number of amides is 1. The van der Waals surface area contributed by atoms with Crippen LogP contribution in [-0.4, -0.2) is 73.1 Å². The van der Waals surface area contributed by atoms with Gasteiger partial charge in [0.05, 0.1) is 30.0 Å². The van der Waals surface area contributed by atoms with Crippen LogP contribution in [0.3, 0.4) is 0 Å². The maximum Gasteiger partial charge on any atom is 0.416 e. The number of rotatable bonds is 7. The second kappa shape index (κ2) is 11.5.